The molecule has 6 heteroatoms. The van der Waals surface area contributed by atoms with E-state index in [1.165, 1.54) is 7.11 Å². The highest BCUT2D eigenvalue weighted by atomic mass is 16.5. The van der Waals surface area contributed by atoms with Crippen molar-refractivity contribution < 1.29 is 19.0 Å². The molecule has 0 amide bonds. The van der Waals surface area contributed by atoms with Gasteiger partial charge >= 0.3 is 5.97 Å². The molecule has 0 saturated heterocycles. The van der Waals surface area contributed by atoms with E-state index in [4.69, 9.17) is 15.2 Å². The first-order valence-corrected chi connectivity index (χ1v) is 6.05. The minimum Gasteiger partial charge on any atom is -0.468 e. The van der Waals surface area contributed by atoms with Crippen molar-refractivity contribution in [3.05, 3.63) is 0 Å². The highest BCUT2D eigenvalue weighted by Gasteiger charge is 2.29. The smallest absolute Gasteiger partial charge is 0.325 e. The van der Waals surface area contributed by atoms with Gasteiger partial charge in [0.25, 0.3) is 0 Å². The van der Waals surface area contributed by atoms with Crippen molar-refractivity contribution in [2.45, 2.75) is 18.9 Å². The van der Waals surface area contributed by atoms with Crippen molar-refractivity contribution in [3.8, 4) is 0 Å². The van der Waals surface area contributed by atoms with E-state index in [0.717, 1.165) is 13.1 Å². The molecule has 108 valence electrons. The lowest BCUT2D eigenvalue weighted by Gasteiger charge is -2.27. The molecule has 6 nitrogen and oxygen atoms in total. The molecule has 18 heavy (non-hydrogen) atoms. The van der Waals surface area contributed by atoms with Gasteiger partial charge in [0.2, 0.25) is 0 Å². The Balaban J connectivity index is 4.18. The average molecular weight is 262 g/mol. The van der Waals surface area contributed by atoms with Crippen LogP contribution in [0.4, 0.5) is 0 Å². The van der Waals surface area contributed by atoms with E-state index in [9.17, 15) is 4.79 Å². The Bertz CT molecular complexity index is 226. The number of carbonyl (C=O) groups excluding carboxylic acids is 1. The van der Waals surface area contributed by atoms with E-state index in [1.807, 2.05) is 0 Å². The average Bonchev–Trinajstić information content (AvgIpc) is 2.36. The fourth-order valence-corrected chi connectivity index (χ4v) is 1.50. The molecule has 0 aliphatic carbocycles. The maximum Gasteiger partial charge on any atom is 0.325 e. The highest BCUT2D eigenvalue weighted by Crippen LogP contribution is 2.09. The van der Waals surface area contributed by atoms with Gasteiger partial charge in [0.15, 0.2) is 0 Å². The summed E-state index contributed by atoms with van der Waals surface area (Å²) < 4.78 is 14.8. The number of nitrogens with zero attached hydrogens (tertiary/aromatic N) is 1. The zero-order valence-electron chi connectivity index (χ0n) is 11.9. The van der Waals surface area contributed by atoms with Crippen LogP contribution in [0.5, 0.6) is 0 Å². The summed E-state index contributed by atoms with van der Waals surface area (Å²) in [6, 6.07) is 0. The van der Waals surface area contributed by atoms with Crippen LogP contribution in [0, 0.1) is 0 Å². The summed E-state index contributed by atoms with van der Waals surface area (Å²) in [5.41, 5.74) is 4.96. The summed E-state index contributed by atoms with van der Waals surface area (Å²) in [6.07, 6.45) is 0.535. The monoisotopic (exact) mass is 262 g/mol. The predicted molar refractivity (Wildman–Crippen MR) is 69.4 cm³/mol. The summed E-state index contributed by atoms with van der Waals surface area (Å²) in [7, 11) is 4.67. The first-order chi connectivity index (χ1) is 8.47. The third-order valence-electron chi connectivity index (χ3n) is 2.82. The third kappa shape index (κ3) is 6.90. The minimum absolute atomic E-state index is 0.388. The Morgan fingerprint density at radius 2 is 1.61 bits per heavy atom. The second-order valence-corrected chi connectivity index (χ2v) is 4.49. The molecule has 0 bridgehead atoms. The van der Waals surface area contributed by atoms with Crippen LogP contribution < -0.4 is 5.73 Å². The topological polar surface area (TPSA) is 74.0 Å². The zero-order valence-corrected chi connectivity index (χ0v) is 11.9. The maximum atomic E-state index is 11.5. The van der Waals surface area contributed by atoms with Crippen molar-refractivity contribution in [1.82, 2.24) is 4.90 Å². The normalized spacial score (nSPS) is 14.6. The molecule has 0 heterocycles. The van der Waals surface area contributed by atoms with Crippen LogP contribution in [-0.4, -0.2) is 70.6 Å². The number of hydrogen-bond donors (Lipinski definition) is 1. The Hall–Kier alpha value is -0.690. The molecule has 0 rings (SSSR count). The second kappa shape index (κ2) is 9.27. The molecule has 1 atom stereocenters. The van der Waals surface area contributed by atoms with Crippen LogP contribution in [0.25, 0.3) is 0 Å². The van der Waals surface area contributed by atoms with Crippen molar-refractivity contribution in [3.63, 3.8) is 0 Å². The fourth-order valence-electron chi connectivity index (χ4n) is 1.50. The first kappa shape index (κ1) is 17.3. The van der Waals surface area contributed by atoms with Gasteiger partial charge in [0.1, 0.15) is 5.54 Å². The van der Waals surface area contributed by atoms with Gasteiger partial charge in [-0.3, -0.25) is 9.69 Å². The lowest BCUT2D eigenvalue weighted by molar-refractivity contribution is -0.146. The lowest BCUT2D eigenvalue weighted by Crippen LogP contribution is -2.48. The molecular formula is C12H26N2O4. The molecule has 0 saturated carbocycles. The van der Waals surface area contributed by atoms with E-state index >= 15 is 0 Å². The second-order valence-electron chi connectivity index (χ2n) is 4.49. The van der Waals surface area contributed by atoms with Crippen molar-refractivity contribution in [1.29, 1.82) is 0 Å². The minimum atomic E-state index is -0.951. The molecule has 0 aromatic carbocycles. The first-order valence-electron chi connectivity index (χ1n) is 6.05. The van der Waals surface area contributed by atoms with E-state index in [-0.39, 0.29) is 5.97 Å². The molecule has 2 N–H and O–H groups in total. The molecule has 0 aromatic heterocycles. The SMILES string of the molecule is COCCN(CCOC)CCC(C)(N)C(=O)OC. The molecule has 0 spiro atoms. The predicted octanol–water partition coefficient (Wildman–Crippen LogP) is -0.138. The Labute approximate surface area is 109 Å². The van der Waals surface area contributed by atoms with Crippen LogP contribution in [0.15, 0.2) is 0 Å². The quantitative estimate of drug-likeness (QED) is 0.552. The van der Waals surface area contributed by atoms with E-state index in [1.54, 1.807) is 21.1 Å². The Morgan fingerprint density at radius 3 is 2.00 bits per heavy atom. The van der Waals surface area contributed by atoms with Gasteiger partial charge in [0.05, 0.1) is 20.3 Å². The summed E-state index contributed by atoms with van der Waals surface area (Å²) in [6.45, 7) is 5.25. The van der Waals surface area contributed by atoms with Crippen molar-refractivity contribution in [2.75, 3.05) is 54.2 Å². The summed E-state index contributed by atoms with van der Waals surface area (Å²) >= 11 is 0. The van der Waals surface area contributed by atoms with Gasteiger partial charge in [-0.15, -0.1) is 0 Å². The molecule has 0 aliphatic rings. The molecule has 0 aliphatic heterocycles. The van der Waals surface area contributed by atoms with Gasteiger partial charge in [-0.1, -0.05) is 0 Å². The van der Waals surface area contributed by atoms with E-state index in [2.05, 4.69) is 9.64 Å². The molecule has 0 fully saturated rings. The van der Waals surface area contributed by atoms with Gasteiger partial charge in [0, 0.05) is 33.9 Å². The highest BCUT2D eigenvalue weighted by molar-refractivity contribution is 5.79. The Kier molecular flexibility index (Phi) is 8.91. The number of carbonyl (C=O) groups is 1. The summed E-state index contributed by atoms with van der Waals surface area (Å²) in [4.78, 5) is 13.6. The van der Waals surface area contributed by atoms with E-state index < -0.39 is 5.54 Å². The third-order valence-corrected chi connectivity index (χ3v) is 2.82. The van der Waals surface area contributed by atoms with Gasteiger partial charge in [-0.2, -0.15) is 0 Å². The summed E-state index contributed by atoms with van der Waals surface area (Å²) in [5.74, 6) is -0.388. The molecule has 1 unspecified atom stereocenters. The number of hydrogen-bond acceptors (Lipinski definition) is 6. The van der Waals surface area contributed by atoms with E-state index in [0.29, 0.717) is 26.2 Å². The van der Waals surface area contributed by atoms with Crippen LogP contribution >= 0.6 is 0 Å². The molecule has 0 aromatic rings. The van der Waals surface area contributed by atoms with Gasteiger partial charge in [-0.05, 0) is 13.3 Å². The number of rotatable bonds is 10. The van der Waals surface area contributed by atoms with Crippen LogP contribution in [0.1, 0.15) is 13.3 Å². The van der Waals surface area contributed by atoms with Crippen LogP contribution in [0.2, 0.25) is 0 Å². The van der Waals surface area contributed by atoms with Crippen molar-refractivity contribution in [2.24, 2.45) is 5.73 Å². The number of ether oxygens (including phenoxy) is 3. The Morgan fingerprint density at radius 1 is 1.11 bits per heavy atom. The number of nitrogens with two attached hydrogens (primary N) is 1. The van der Waals surface area contributed by atoms with Crippen LogP contribution in [-0.2, 0) is 19.0 Å². The maximum absolute atomic E-state index is 11.5. The van der Waals surface area contributed by atoms with Gasteiger partial charge < -0.3 is 19.9 Å². The van der Waals surface area contributed by atoms with Crippen molar-refractivity contribution >= 4 is 5.97 Å². The number of esters is 1. The zero-order chi connectivity index (χ0) is 14.0. The number of methoxy groups -OCH3 is 3. The largest absolute Gasteiger partial charge is 0.468 e. The van der Waals surface area contributed by atoms with Gasteiger partial charge in [-0.25, -0.2) is 0 Å². The fraction of sp³-hybridized carbons (Fsp3) is 0.917. The lowest BCUT2D eigenvalue weighted by atomic mass is 9.99. The molecular weight excluding hydrogens is 236 g/mol. The molecule has 0 radical (unpaired) electrons. The van der Waals surface area contributed by atoms with Crippen LogP contribution in [0.3, 0.4) is 0 Å². The summed E-state index contributed by atoms with van der Waals surface area (Å²) in [5, 5.41) is 0. The standard InChI is InChI=1S/C12H26N2O4/c1-12(13,11(15)18-4)5-6-14(7-9-16-2)8-10-17-3/h5-10,13H2,1-4H3.